The molecule has 0 fully saturated rings. The fourth-order valence-electron chi connectivity index (χ4n) is 5.89. The van der Waals surface area contributed by atoms with Gasteiger partial charge < -0.3 is 20.5 Å². The van der Waals surface area contributed by atoms with Gasteiger partial charge in [-0.1, -0.05) is 80.6 Å². The van der Waals surface area contributed by atoms with Gasteiger partial charge in [0, 0.05) is 41.5 Å². The summed E-state index contributed by atoms with van der Waals surface area (Å²) < 4.78 is 0. The first kappa shape index (κ1) is 24.9. The van der Waals surface area contributed by atoms with E-state index < -0.39 is 12.1 Å². The maximum atomic E-state index is 14.1. The highest BCUT2D eigenvalue weighted by Gasteiger charge is 2.49. The minimum atomic E-state index is -0.762. The summed E-state index contributed by atoms with van der Waals surface area (Å²) in [6.45, 7) is 4.58. The topological polar surface area (TPSA) is 94.3 Å². The normalized spacial score (nSPS) is 18.4. The number of carbonyl (C=O) groups excluding carboxylic acids is 3. The van der Waals surface area contributed by atoms with Crippen molar-refractivity contribution in [3.63, 3.8) is 0 Å². The van der Waals surface area contributed by atoms with Gasteiger partial charge in [-0.3, -0.25) is 14.4 Å². The molecule has 0 spiro atoms. The summed E-state index contributed by atoms with van der Waals surface area (Å²) in [5, 5.41) is 7.06. The second-order valence-corrected chi connectivity index (χ2v) is 10.9. The Balaban J connectivity index is 1.36. The summed E-state index contributed by atoms with van der Waals surface area (Å²) >= 11 is 0. The van der Waals surface area contributed by atoms with Crippen LogP contribution in [0.1, 0.15) is 52.6 Å². The van der Waals surface area contributed by atoms with Gasteiger partial charge in [0.25, 0.3) is 5.91 Å². The lowest BCUT2D eigenvalue weighted by Gasteiger charge is -2.37. The van der Waals surface area contributed by atoms with E-state index in [0.717, 1.165) is 33.3 Å². The molecule has 3 heterocycles. The molecule has 6 rings (SSSR count). The Bertz CT molecular complexity index is 1560. The van der Waals surface area contributed by atoms with Gasteiger partial charge in [-0.15, -0.1) is 0 Å². The van der Waals surface area contributed by atoms with E-state index in [2.05, 4.69) is 21.7 Å². The van der Waals surface area contributed by atoms with Crippen molar-refractivity contribution in [3.05, 3.63) is 107 Å². The van der Waals surface area contributed by atoms with E-state index in [4.69, 9.17) is 0 Å². The number of amides is 3. The predicted octanol–water partition coefficient (Wildman–Crippen LogP) is 4.14. The van der Waals surface area contributed by atoms with Crippen LogP contribution < -0.4 is 10.6 Å². The zero-order chi connectivity index (χ0) is 27.1. The molecule has 39 heavy (non-hydrogen) atoms. The largest absolute Gasteiger partial charge is 0.356 e. The molecule has 7 nitrogen and oxygen atoms in total. The van der Waals surface area contributed by atoms with Crippen LogP contribution in [0.25, 0.3) is 10.9 Å². The fraction of sp³-hybridized carbons (Fsp3) is 0.281. The number of para-hydroxylation sites is 1. The SMILES string of the molecule is CC(C)CNC(=O)[C@H](Cc1ccccc1)NC(=O)[C@@H]1Cc2c([nH]c3ccccc23)[C@H]2c3ccccc3C(=O)N21. The zero-order valence-electron chi connectivity index (χ0n) is 22.1. The molecule has 0 saturated carbocycles. The lowest BCUT2D eigenvalue weighted by molar-refractivity contribution is -0.132. The molecular weight excluding hydrogens is 488 g/mol. The second-order valence-electron chi connectivity index (χ2n) is 10.9. The van der Waals surface area contributed by atoms with Gasteiger partial charge in [-0.25, -0.2) is 0 Å². The third kappa shape index (κ3) is 4.48. The number of H-pyrrole nitrogens is 1. The summed E-state index contributed by atoms with van der Waals surface area (Å²) in [6, 6.07) is 23.4. The van der Waals surface area contributed by atoms with E-state index in [1.807, 2.05) is 86.6 Å². The molecule has 2 aliphatic heterocycles. The Morgan fingerprint density at radius 3 is 2.49 bits per heavy atom. The summed E-state index contributed by atoms with van der Waals surface area (Å²) in [7, 11) is 0. The highest BCUT2D eigenvalue weighted by atomic mass is 16.2. The van der Waals surface area contributed by atoms with Crippen molar-refractivity contribution < 1.29 is 14.4 Å². The summed E-state index contributed by atoms with van der Waals surface area (Å²) in [4.78, 5) is 46.3. The first-order valence-electron chi connectivity index (χ1n) is 13.6. The molecule has 4 aromatic rings. The van der Waals surface area contributed by atoms with Gasteiger partial charge in [0.2, 0.25) is 11.8 Å². The first-order valence-corrected chi connectivity index (χ1v) is 13.6. The van der Waals surface area contributed by atoms with Crippen LogP contribution >= 0.6 is 0 Å². The van der Waals surface area contributed by atoms with Crippen LogP contribution in [-0.2, 0) is 22.4 Å². The van der Waals surface area contributed by atoms with E-state index in [0.29, 0.717) is 24.9 Å². The molecule has 7 heteroatoms. The van der Waals surface area contributed by atoms with Gasteiger partial charge in [-0.2, -0.15) is 0 Å². The number of aromatic amines is 1. The molecule has 0 unspecified atom stereocenters. The van der Waals surface area contributed by atoms with Gasteiger partial charge in [0.15, 0.2) is 0 Å². The minimum absolute atomic E-state index is 0.163. The molecule has 3 aromatic carbocycles. The molecule has 0 radical (unpaired) electrons. The number of nitrogens with zero attached hydrogens (tertiary/aromatic N) is 1. The van der Waals surface area contributed by atoms with E-state index in [9.17, 15) is 14.4 Å². The smallest absolute Gasteiger partial charge is 0.255 e. The summed E-state index contributed by atoms with van der Waals surface area (Å²) in [6.07, 6.45) is 0.728. The predicted molar refractivity (Wildman–Crippen MR) is 150 cm³/mol. The monoisotopic (exact) mass is 520 g/mol. The average molecular weight is 521 g/mol. The number of benzene rings is 3. The van der Waals surface area contributed by atoms with E-state index >= 15 is 0 Å². The summed E-state index contributed by atoms with van der Waals surface area (Å²) in [5.41, 5.74) is 5.43. The highest BCUT2D eigenvalue weighted by molar-refractivity contribution is 6.04. The molecule has 0 aliphatic carbocycles. The van der Waals surface area contributed by atoms with Crippen molar-refractivity contribution in [3.8, 4) is 0 Å². The fourth-order valence-corrected chi connectivity index (χ4v) is 5.89. The standard InChI is InChI=1S/C32H32N4O3/c1-19(2)18-33-30(37)26(16-20-10-4-3-5-11-20)35-31(38)27-17-24-21-12-8-9-15-25(21)34-28(24)29-22-13-6-7-14-23(22)32(39)36(27)29/h3-15,19,26-27,29,34H,16-18H2,1-2H3,(H,33,37)(H,35,38)/t26-,27-,29+/m0/s1. The second kappa shape index (κ2) is 10.1. The van der Waals surface area contributed by atoms with E-state index in [-0.39, 0.29) is 29.7 Å². The first-order chi connectivity index (χ1) is 18.9. The Morgan fingerprint density at radius 1 is 0.974 bits per heavy atom. The highest BCUT2D eigenvalue weighted by Crippen LogP contribution is 2.46. The number of rotatable bonds is 7. The van der Waals surface area contributed by atoms with Gasteiger partial charge in [-0.05, 0) is 34.7 Å². The van der Waals surface area contributed by atoms with Crippen LogP contribution in [0.15, 0.2) is 78.9 Å². The van der Waals surface area contributed by atoms with Crippen LogP contribution in [0.5, 0.6) is 0 Å². The zero-order valence-corrected chi connectivity index (χ0v) is 22.1. The molecule has 3 N–H and O–H groups in total. The molecule has 0 saturated heterocycles. The van der Waals surface area contributed by atoms with Crippen molar-refractivity contribution >= 4 is 28.6 Å². The third-order valence-electron chi connectivity index (χ3n) is 7.75. The van der Waals surface area contributed by atoms with Gasteiger partial charge >= 0.3 is 0 Å². The lowest BCUT2D eigenvalue weighted by Crippen LogP contribution is -2.57. The van der Waals surface area contributed by atoms with E-state index in [1.165, 1.54) is 0 Å². The average Bonchev–Trinajstić information content (AvgIpc) is 3.47. The number of fused-ring (bicyclic) bond motifs is 7. The van der Waals surface area contributed by atoms with Crippen LogP contribution in [0, 0.1) is 5.92 Å². The van der Waals surface area contributed by atoms with Crippen molar-refractivity contribution in [2.24, 2.45) is 5.92 Å². The number of hydrogen-bond acceptors (Lipinski definition) is 3. The molecule has 198 valence electrons. The Morgan fingerprint density at radius 2 is 1.69 bits per heavy atom. The van der Waals surface area contributed by atoms with Crippen molar-refractivity contribution in [1.82, 2.24) is 20.5 Å². The minimum Gasteiger partial charge on any atom is -0.356 e. The van der Waals surface area contributed by atoms with Crippen LogP contribution in [-0.4, -0.2) is 46.2 Å². The molecule has 0 bridgehead atoms. The lowest BCUT2D eigenvalue weighted by atomic mass is 9.89. The quantitative estimate of drug-likeness (QED) is 0.342. The maximum Gasteiger partial charge on any atom is 0.255 e. The number of hydrogen-bond donors (Lipinski definition) is 3. The van der Waals surface area contributed by atoms with Gasteiger partial charge in [0.05, 0.1) is 6.04 Å². The van der Waals surface area contributed by atoms with Gasteiger partial charge in [0.1, 0.15) is 12.1 Å². The number of nitrogens with one attached hydrogen (secondary N) is 3. The third-order valence-corrected chi connectivity index (χ3v) is 7.75. The van der Waals surface area contributed by atoms with Crippen LogP contribution in [0.4, 0.5) is 0 Å². The number of carbonyl (C=O) groups is 3. The Labute approximate surface area is 227 Å². The number of aromatic nitrogens is 1. The molecule has 2 aliphatic rings. The molecule has 1 aromatic heterocycles. The Hall–Kier alpha value is -4.39. The van der Waals surface area contributed by atoms with Crippen molar-refractivity contribution in [2.75, 3.05) is 6.54 Å². The molecule has 3 amide bonds. The van der Waals surface area contributed by atoms with Crippen LogP contribution in [0.3, 0.4) is 0 Å². The Kier molecular flexibility index (Phi) is 6.43. The van der Waals surface area contributed by atoms with Crippen LogP contribution in [0.2, 0.25) is 0 Å². The summed E-state index contributed by atoms with van der Waals surface area (Å²) in [5.74, 6) is -0.430. The van der Waals surface area contributed by atoms with E-state index in [1.54, 1.807) is 4.90 Å². The molecule has 3 atom stereocenters. The van der Waals surface area contributed by atoms with Crippen molar-refractivity contribution in [1.29, 1.82) is 0 Å². The maximum absolute atomic E-state index is 14.1. The van der Waals surface area contributed by atoms with Crippen molar-refractivity contribution in [2.45, 2.75) is 44.8 Å². The molecular formula is C32H32N4O3.